The second-order valence-corrected chi connectivity index (χ2v) is 10.7. The Labute approximate surface area is 153 Å². The molecule has 0 aromatic carbocycles. The predicted octanol–water partition coefficient (Wildman–Crippen LogP) is 1.96. The van der Waals surface area contributed by atoms with E-state index >= 15 is 0 Å². The molecule has 6 nitrogen and oxygen atoms in total. The number of rotatable bonds is 7. The fraction of sp³-hybridized carbons (Fsp3) is 0.944. The Morgan fingerprint density at radius 2 is 1.72 bits per heavy atom. The van der Waals surface area contributed by atoms with E-state index in [9.17, 15) is 8.42 Å². The van der Waals surface area contributed by atoms with Crippen LogP contribution in [0.4, 0.5) is 0 Å². The molecular weight excluding hydrogens is 338 g/mol. The van der Waals surface area contributed by atoms with Crippen molar-refractivity contribution in [3.05, 3.63) is 0 Å². The number of nitrogens with one attached hydrogen (secondary N) is 2. The Kier molecular flexibility index (Phi) is 6.76. The highest BCUT2D eigenvalue weighted by Gasteiger charge is 2.42. The molecule has 2 rings (SSSR count). The SMILES string of the molecule is CN=C(NCC1(CC(C)C)CCC1)NCC1(S(C)(=O)=O)CCOCC1. The standard InChI is InChI=1S/C18H35N3O3S/c1-15(2)12-17(6-5-7-17)13-20-16(19-3)21-14-18(25(4,22)23)8-10-24-11-9-18/h15H,5-14H2,1-4H3,(H2,19,20,21). The predicted molar refractivity (Wildman–Crippen MR) is 103 cm³/mol. The Hall–Kier alpha value is -0.820. The molecule has 0 radical (unpaired) electrons. The highest BCUT2D eigenvalue weighted by Crippen LogP contribution is 2.45. The molecule has 146 valence electrons. The van der Waals surface area contributed by atoms with Crippen LogP contribution in [0.3, 0.4) is 0 Å². The molecule has 2 aliphatic rings. The second kappa shape index (κ2) is 8.25. The van der Waals surface area contributed by atoms with Crippen LogP contribution in [0.5, 0.6) is 0 Å². The van der Waals surface area contributed by atoms with Crippen LogP contribution in [0.15, 0.2) is 4.99 Å². The highest BCUT2D eigenvalue weighted by atomic mass is 32.2. The number of nitrogens with zero attached hydrogens (tertiary/aromatic N) is 1. The van der Waals surface area contributed by atoms with Crippen LogP contribution in [-0.2, 0) is 14.6 Å². The van der Waals surface area contributed by atoms with Crippen LogP contribution in [0, 0.1) is 11.3 Å². The Balaban J connectivity index is 1.93. The van der Waals surface area contributed by atoms with Crippen LogP contribution in [-0.4, -0.2) is 58.7 Å². The molecule has 1 saturated heterocycles. The van der Waals surface area contributed by atoms with Gasteiger partial charge in [-0.05, 0) is 43.4 Å². The summed E-state index contributed by atoms with van der Waals surface area (Å²) in [7, 11) is -1.43. The number of hydrogen-bond donors (Lipinski definition) is 2. The van der Waals surface area contributed by atoms with Gasteiger partial charge in [-0.25, -0.2) is 8.42 Å². The zero-order valence-electron chi connectivity index (χ0n) is 16.2. The van der Waals surface area contributed by atoms with Crippen LogP contribution in [0.1, 0.15) is 52.4 Å². The van der Waals surface area contributed by atoms with E-state index in [0.29, 0.717) is 49.9 Å². The first-order valence-electron chi connectivity index (χ1n) is 9.44. The van der Waals surface area contributed by atoms with Crippen LogP contribution in [0.25, 0.3) is 0 Å². The third-order valence-electron chi connectivity index (χ3n) is 5.88. The Morgan fingerprint density at radius 1 is 1.12 bits per heavy atom. The molecule has 0 atom stereocenters. The van der Waals surface area contributed by atoms with Gasteiger partial charge in [-0.3, -0.25) is 4.99 Å². The summed E-state index contributed by atoms with van der Waals surface area (Å²) in [6.45, 7) is 6.82. The summed E-state index contributed by atoms with van der Waals surface area (Å²) in [4.78, 5) is 4.29. The van der Waals surface area contributed by atoms with Gasteiger partial charge >= 0.3 is 0 Å². The molecule has 0 unspecified atom stereocenters. The Morgan fingerprint density at radius 3 is 2.16 bits per heavy atom. The molecule has 0 aromatic rings. The van der Waals surface area contributed by atoms with Gasteiger partial charge in [0.15, 0.2) is 15.8 Å². The number of sulfone groups is 1. The first-order chi connectivity index (χ1) is 11.7. The van der Waals surface area contributed by atoms with Crippen molar-refractivity contribution >= 4 is 15.8 Å². The molecule has 2 N–H and O–H groups in total. The van der Waals surface area contributed by atoms with E-state index in [1.807, 2.05) is 0 Å². The van der Waals surface area contributed by atoms with Crippen LogP contribution < -0.4 is 10.6 Å². The van der Waals surface area contributed by atoms with Gasteiger partial charge < -0.3 is 15.4 Å². The number of guanidine groups is 1. The maximum Gasteiger partial charge on any atom is 0.191 e. The lowest BCUT2D eigenvalue weighted by molar-refractivity contribution is 0.0755. The van der Waals surface area contributed by atoms with Crippen molar-refractivity contribution in [3.8, 4) is 0 Å². The topological polar surface area (TPSA) is 79.8 Å². The molecule has 0 aromatic heterocycles. The molecule has 0 bridgehead atoms. The van der Waals surface area contributed by atoms with Gasteiger partial charge in [0.05, 0.1) is 4.75 Å². The fourth-order valence-electron chi connectivity index (χ4n) is 4.15. The third kappa shape index (κ3) is 5.09. The second-order valence-electron chi connectivity index (χ2n) is 8.30. The van der Waals surface area contributed by atoms with Crippen LogP contribution >= 0.6 is 0 Å². The first-order valence-corrected chi connectivity index (χ1v) is 11.3. The maximum absolute atomic E-state index is 12.3. The number of ether oxygens (including phenoxy) is 1. The van der Waals surface area contributed by atoms with E-state index in [2.05, 4.69) is 29.5 Å². The van der Waals surface area contributed by atoms with Gasteiger partial charge in [-0.1, -0.05) is 20.3 Å². The average Bonchev–Trinajstić information content (AvgIpc) is 2.51. The first kappa shape index (κ1) is 20.5. The molecule has 1 aliphatic carbocycles. The molecule has 1 heterocycles. The summed E-state index contributed by atoms with van der Waals surface area (Å²) in [5.41, 5.74) is 0.374. The summed E-state index contributed by atoms with van der Waals surface area (Å²) in [6, 6.07) is 0. The van der Waals surface area contributed by atoms with Gasteiger partial charge in [0, 0.05) is 39.6 Å². The van der Waals surface area contributed by atoms with Crippen molar-refractivity contribution in [2.24, 2.45) is 16.3 Å². The molecule has 7 heteroatoms. The zero-order valence-corrected chi connectivity index (χ0v) is 17.0. The van der Waals surface area contributed by atoms with Crippen LogP contribution in [0.2, 0.25) is 0 Å². The lowest BCUT2D eigenvalue weighted by atomic mass is 9.64. The van der Waals surface area contributed by atoms with E-state index in [4.69, 9.17) is 4.74 Å². The molecule has 1 aliphatic heterocycles. The summed E-state index contributed by atoms with van der Waals surface area (Å²) in [5.74, 6) is 1.39. The van der Waals surface area contributed by atoms with Crippen molar-refractivity contribution in [1.29, 1.82) is 0 Å². The van der Waals surface area contributed by atoms with E-state index in [1.54, 1.807) is 7.05 Å². The number of aliphatic imine (C=N–C) groups is 1. The smallest absolute Gasteiger partial charge is 0.191 e. The highest BCUT2D eigenvalue weighted by molar-refractivity contribution is 7.92. The summed E-state index contributed by atoms with van der Waals surface area (Å²) >= 11 is 0. The van der Waals surface area contributed by atoms with Crippen molar-refractivity contribution in [1.82, 2.24) is 10.6 Å². The largest absolute Gasteiger partial charge is 0.381 e. The zero-order chi connectivity index (χ0) is 18.6. The monoisotopic (exact) mass is 373 g/mol. The molecule has 0 spiro atoms. The van der Waals surface area contributed by atoms with Crippen molar-refractivity contribution in [2.75, 3.05) is 39.6 Å². The molecule has 0 amide bonds. The minimum absolute atomic E-state index is 0.374. The summed E-state index contributed by atoms with van der Waals surface area (Å²) < 4.78 is 29.3. The summed E-state index contributed by atoms with van der Waals surface area (Å²) in [6.07, 6.45) is 7.46. The van der Waals surface area contributed by atoms with Gasteiger partial charge in [-0.15, -0.1) is 0 Å². The Bertz CT molecular complexity index is 562. The minimum atomic E-state index is -3.17. The lowest BCUT2D eigenvalue weighted by Gasteiger charge is -2.44. The minimum Gasteiger partial charge on any atom is -0.381 e. The molecule has 1 saturated carbocycles. The van der Waals surface area contributed by atoms with Gasteiger partial charge in [0.25, 0.3) is 0 Å². The van der Waals surface area contributed by atoms with E-state index < -0.39 is 14.6 Å². The van der Waals surface area contributed by atoms with E-state index in [-0.39, 0.29) is 0 Å². The fourth-order valence-corrected chi connectivity index (χ4v) is 5.40. The normalized spacial score (nSPS) is 23.2. The van der Waals surface area contributed by atoms with Gasteiger partial charge in [0.2, 0.25) is 0 Å². The third-order valence-corrected chi connectivity index (χ3v) is 8.00. The molecule has 2 fully saturated rings. The van der Waals surface area contributed by atoms with Crippen molar-refractivity contribution in [2.45, 2.75) is 57.1 Å². The number of hydrogen-bond acceptors (Lipinski definition) is 4. The molecular formula is C18H35N3O3S. The molecule has 25 heavy (non-hydrogen) atoms. The average molecular weight is 374 g/mol. The van der Waals surface area contributed by atoms with E-state index in [1.165, 1.54) is 31.9 Å². The quantitative estimate of drug-likeness (QED) is 0.527. The summed E-state index contributed by atoms with van der Waals surface area (Å²) in [5, 5.41) is 6.70. The van der Waals surface area contributed by atoms with Gasteiger partial charge in [0.1, 0.15) is 0 Å². The maximum atomic E-state index is 12.3. The lowest BCUT2D eigenvalue weighted by Crippen LogP contribution is -2.55. The van der Waals surface area contributed by atoms with Crippen molar-refractivity contribution < 1.29 is 13.2 Å². The van der Waals surface area contributed by atoms with E-state index in [0.717, 1.165) is 6.54 Å². The van der Waals surface area contributed by atoms with Crippen molar-refractivity contribution in [3.63, 3.8) is 0 Å². The van der Waals surface area contributed by atoms with Gasteiger partial charge in [-0.2, -0.15) is 0 Å².